The van der Waals surface area contributed by atoms with Crippen LogP contribution in [0.25, 0.3) is 0 Å². The van der Waals surface area contributed by atoms with Gasteiger partial charge in [-0.2, -0.15) is 11.8 Å². The van der Waals surface area contributed by atoms with E-state index in [4.69, 9.17) is 0 Å². The van der Waals surface area contributed by atoms with E-state index in [1.807, 2.05) is 23.1 Å². The van der Waals surface area contributed by atoms with Crippen LogP contribution in [-0.4, -0.2) is 18.6 Å². The van der Waals surface area contributed by atoms with Crippen molar-refractivity contribution in [1.82, 2.24) is 5.32 Å². The van der Waals surface area contributed by atoms with Crippen LogP contribution in [0.15, 0.2) is 10.5 Å². The molecule has 1 nitrogen and oxygen atoms in total. The third-order valence-corrected chi connectivity index (χ3v) is 5.24. The number of hydrogen-bond donors (Lipinski definition) is 1. The van der Waals surface area contributed by atoms with Crippen molar-refractivity contribution in [3.63, 3.8) is 0 Å². The Labute approximate surface area is 116 Å². The molecule has 0 radical (unpaired) electrons. The van der Waals surface area contributed by atoms with Gasteiger partial charge in [0.25, 0.3) is 0 Å². The molecule has 0 saturated carbocycles. The molecule has 4 heteroatoms. The summed E-state index contributed by atoms with van der Waals surface area (Å²) in [5, 5.41) is 3.50. The summed E-state index contributed by atoms with van der Waals surface area (Å²) in [5.74, 6) is 1.30. The van der Waals surface area contributed by atoms with Crippen molar-refractivity contribution in [3.8, 4) is 0 Å². The van der Waals surface area contributed by atoms with E-state index in [-0.39, 0.29) is 0 Å². The van der Waals surface area contributed by atoms with Crippen LogP contribution < -0.4 is 5.32 Å². The summed E-state index contributed by atoms with van der Waals surface area (Å²) in [7, 11) is 0. The molecule has 0 amide bonds. The summed E-state index contributed by atoms with van der Waals surface area (Å²) < 4.78 is 1.24. The molecule has 0 fully saturated rings. The maximum absolute atomic E-state index is 3.55. The number of hydrogen-bond acceptors (Lipinski definition) is 3. The van der Waals surface area contributed by atoms with Gasteiger partial charge in [0.1, 0.15) is 0 Å². The first kappa shape index (κ1) is 14.6. The fourth-order valence-electron chi connectivity index (χ4n) is 1.49. The summed E-state index contributed by atoms with van der Waals surface area (Å²) in [6.45, 7) is 4.31. The fraction of sp³-hybridized carbons (Fsp3) is 0.667. The summed E-state index contributed by atoms with van der Waals surface area (Å²) in [6, 6.07) is 2.22. The maximum atomic E-state index is 3.55. The van der Waals surface area contributed by atoms with E-state index < -0.39 is 0 Å². The molecule has 16 heavy (non-hydrogen) atoms. The molecule has 1 heterocycles. The molecule has 92 valence electrons. The van der Waals surface area contributed by atoms with E-state index in [1.54, 1.807) is 0 Å². The minimum Gasteiger partial charge on any atom is -0.312 e. The lowest BCUT2D eigenvalue weighted by Gasteiger charge is -2.02. The highest BCUT2D eigenvalue weighted by molar-refractivity contribution is 9.10. The van der Waals surface area contributed by atoms with E-state index in [1.165, 1.54) is 39.2 Å². The molecule has 0 saturated heterocycles. The Kier molecular flexibility index (Phi) is 7.79. The van der Waals surface area contributed by atoms with E-state index in [0.29, 0.717) is 0 Å². The second-order valence-electron chi connectivity index (χ2n) is 3.85. The SMILES string of the molecule is CSCCCCCNCc1cc(Br)c(C)s1. The molecule has 1 N–H and O–H groups in total. The van der Waals surface area contributed by atoms with Crippen LogP contribution in [0.2, 0.25) is 0 Å². The van der Waals surface area contributed by atoms with Gasteiger partial charge in [0.2, 0.25) is 0 Å². The van der Waals surface area contributed by atoms with Crippen LogP contribution in [0.3, 0.4) is 0 Å². The summed E-state index contributed by atoms with van der Waals surface area (Å²) in [4.78, 5) is 2.80. The largest absolute Gasteiger partial charge is 0.312 e. The smallest absolute Gasteiger partial charge is 0.0314 e. The van der Waals surface area contributed by atoms with Crippen molar-refractivity contribution in [3.05, 3.63) is 20.3 Å². The highest BCUT2D eigenvalue weighted by Crippen LogP contribution is 2.25. The van der Waals surface area contributed by atoms with Gasteiger partial charge in [-0.05, 0) is 60.3 Å². The average Bonchev–Trinajstić information content (AvgIpc) is 2.57. The van der Waals surface area contributed by atoms with Gasteiger partial charge in [0.05, 0.1) is 0 Å². The maximum Gasteiger partial charge on any atom is 0.0314 e. The van der Waals surface area contributed by atoms with Crippen molar-refractivity contribution in [1.29, 1.82) is 0 Å². The minimum atomic E-state index is 1.01. The zero-order chi connectivity index (χ0) is 11.8. The summed E-state index contributed by atoms with van der Waals surface area (Å²) >= 11 is 7.36. The monoisotopic (exact) mass is 321 g/mol. The number of rotatable bonds is 8. The van der Waals surface area contributed by atoms with Gasteiger partial charge in [0, 0.05) is 20.8 Å². The molecule has 1 aromatic heterocycles. The number of halogens is 1. The van der Waals surface area contributed by atoms with Crippen LogP contribution in [0.4, 0.5) is 0 Å². The van der Waals surface area contributed by atoms with Crippen LogP contribution >= 0.6 is 39.0 Å². The quantitative estimate of drug-likeness (QED) is 0.710. The molecule has 1 aromatic rings. The van der Waals surface area contributed by atoms with Crippen molar-refractivity contribution in [2.24, 2.45) is 0 Å². The van der Waals surface area contributed by atoms with Crippen molar-refractivity contribution >= 4 is 39.0 Å². The zero-order valence-electron chi connectivity index (χ0n) is 10.0. The van der Waals surface area contributed by atoms with E-state index >= 15 is 0 Å². The Balaban J connectivity index is 2.03. The Morgan fingerprint density at radius 3 is 2.81 bits per heavy atom. The highest BCUT2D eigenvalue weighted by Gasteiger charge is 2.01. The van der Waals surface area contributed by atoms with E-state index in [9.17, 15) is 0 Å². The molecular formula is C12H20BrNS2. The molecule has 0 aromatic carbocycles. The Hall–Kier alpha value is 0.490. The lowest BCUT2D eigenvalue weighted by molar-refractivity contribution is 0.622. The topological polar surface area (TPSA) is 12.0 Å². The molecule has 0 aliphatic carbocycles. The molecule has 0 aliphatic rings. The third-order valence-electron chi connectivity index (χ3n) is 2.41. The first-order valence-electron chi connectivity index (χ1n) is 5.68. The zero-order valence-corrected chi connectivity index (χ0v) is 13.2. The average molecular weight is 322 g/mol. The van der Waals surface area contributed by atoms with Gasteiger partial charge in [-0.25, -0.2) is 0 Å². The molecule has 0 spiro atoms. The summed E-state index contributed by atoms with van der Waals surface area (Å²) in [5.41, 5.74) is 0. The highest BCUT2D eigenvalue weighted by atomic mass is 79.9. The normalized spacial score (nSPS) is 10.9. The third kappa shape index (κ3) is 5.71. The van der Waals surface area contributed by atoms with Crippen molar-refractivity contribution in [2.75, 3.05) is 18.6 Å². The van der Waals surface area contributed by atoms with E-state index in [0.717, 1.165) is 13.1 Å². The number of aryl methyl sites for hydroxylation is 1. The first-order valence-corrected chi connectivity index (χ1v) is 8.69. The number of thiophene rings is 1. The molecule has 0 unspecified atom stereocenters. The van der Waals surface area contributed by atoms with Crippen LogP contribution in [0.5, 0.6) is 0 Å². The fourth-order valence-corrected chi connectivity index (χ4v) is 3.55. The van der Waals surface area contributed by atoms with Gasteiger partial charge in [0.15, 0.2) is 0 Å². The first-order chi connectivity index (χ1) is 7.74. The predicted octanol–water partition coefficient (Wildman–Crippen LogP) is 4.44. The van der Waals surface area contributed by atoms with Gasteiger partial charge in [-0.3, -0.25) is 0 Å². The number of unbranched alkanes of at least 4 members (excludes halogenated alkanes) is 2. The standard InChI is InChI=1S/C12H20BrNS2/c1-10-12(13)8-11(16-10)9-14-6-4-3-5-7-15-2/h8,14H,3-7,9H2,1-2H3. The van der Waals surface area contributed by atoms with Crippen LogP contribution in [0.1, 0.15) is 29.0 Å². The van der Waals surface area contributed by atoms with Crippen LogP contribution in [0, 0.1) is 6.92 Å². The molecule has 1 rings (SSSR count). The second kappa shape index (κ2) is 8.56. The number of nitrogens with one attached hydrogen (secondary N) is 1. The predicted molar refractivity (Wildman–Crippen MR) is 80.7 cm³/mol. The Morgan fingerprint density at radius 1 is 1.38 bits per heavy atom. The molecule has 0 aliphatic heterocycles. The van der Waals surface area contributed by atoms with Gasteiger partial charge >= 0.3 is 0 Å². The van der Waals surface area contributed by atoms with Gasteiger partial charge in [-0.1, -0.05) is 6.42 Å². The van der Waals surface area contributed by atoms with Crippen LogP contribution in [-0.2, 0) is 6.54 Å². The lowest BCUT2D eigenvalue weighted by Crippen LogP contribution is -2.13. The Bertz CT molecular complexity index is 280. The molecule has 0 atom stereocenters. The molecular weight excluding hydrogens is 302 g/mol. The van der Waals surface area contributed by atoms with Crippen molar-refractivity contribution in [2.45, 2.75) is 32.7 Å². The van der Waals surface area contributed by atoms with E-state index in [2.05, 4.69) is 40.5 Å². The number of thioether (sulfide) groups is 1. The summed E-state index contributed by atoms with van der Waals surface area (Å²) in [6.07, 6.45) is 6.18. The second-order valence-corrected chi connectivity index (χ2v) is 7.03. The molecule has 0 bridgehead atoms. The lowest BCUT2D eigenvalue weighted by atomic mass is 10.2. The van der Waals surface area contributed by atoms with Gasteiger partial charge in [-0.15, -0.1) is 11.3 Å². The Morgan fingerprint density at radius 2 is 2.19 bits per heavy atom. The van der Waals surface area contributed by atoms with Crippen molar-refractivity contribution < 1.29 is 0 Å². The van der Waals surface area contributed by atoms with Gasteiger partial charge < -0.3 is 5.32 Å². The minimum absolute atomic E-state index is 1.01.